The molecule has 1 aliphatic rings. The molecule has 0 radical (unpaired) electrons. The first-order valence-corrected chi connectivity index (χ1v) is 4.66. The Morgan fingerprint density at radius 1 is 1.17 bits per heavy atom. The molecule has 2 nitrogen and oxygen atoms in total. The first kappa shape index (κ1) is 9.30. The molecule has 12 heavy (non-hydrogen) atoms. The van der Waals surface area contributed by atoms with Crippen molar-refractivity contribution in [3.63, 3.8) is 0 Å². The Morgan fingerprint density at radius 3 is 2.08 bits per heavy atom. The Hall–Kier alpha value is -0.790. The molecule has 0 saturated carbocycles. The molecule has 0 spiro atoms. The molecule has 1 fully saturated rings. The van der Waals surface area contributed by atoms with Gasteiger partial charge in [-0.1, -0.05) is 19.4 Å². The normalized spacial score (nSPS) is 18.6. The second-order valence-corrected chi connectivity index (χ2v) is 3.49. The van der Waals surface area contributed by atoms with Gasteiger partial charge < -0.3 is 4.90 Å². The van der Waals surface area contributed by atoms with Crippen molar-refractivity contribution in [2.75, 3.05) is 13.1 Å². The molecule has 0 N–H and O–H groups in total. The molecule has 2 heteroatoms. The van der Waals surface area contributed by atoms with E-state index in [1.807, 2.05) is 4.90 Å². The number of likely N-dealkylation sites (tertiary alicyclic amines) is 1. The van der Waals surface area contributed by atoms with E-state index >= 15 is 0 Å². The summed E-state index contributed by atoms with van der Waals surface area (Å²) in [6.45, 7) is 7.30. The van der Waals surface area contributed by atoms with Crippen LogP contribution in [0.1, 0.15) is 32.6 Å². The van der Waals surface area contributed by atoms with Crippen LogP contribution in [0.15, 0.2) is 12.2 Å². The van der Waals surface area contributed by atoms with Crippen LogP contribution in [-0.2, 0) is 4.79 Å². The minimum absolute atomic E-state index is 0.136. The smallest absolute Gasteiger partial charge is 0.248 e. The maximum Gasteiger partial charge on any atom is 0.248 e. The van der Waals surface area contributed by atoms with E-state index in [-0.39, 0.29) is 5.91 Å². The van der Waals surface area contributed by atoms with Gasteiger partial charge in [-0.3, -0.25) is 4.79 Å². The van der Waals surface area contributed by atoms with Crippen molar-refractivity contribution >= 4 is 5.91 Å². The van der Waals surface area contributed by atoms with Crippen LogP contribution in [-0.4, -0.2) is 23.9 Å². The van der Waals surface area contributed by atoms with Gasteiger partial charge in [0.2, 0.25) is 5.91 Å². The van der Waals surface area contributed by atoms with Gasteiger partial charge >= 0.3 is 0 Å². The fraction of sp³-hybridized carbons (Fsp3) is 0.700. The number of hydrogen-bond acceptors (Lipinski definition) is 1. The lowest BCUT2D eigenvalue weighted by atomic mass is 10.2. The van der Waals surface area contributed by atoms with Crippen molar-refractivity contribution in [1.82, 2.24) is 4.90 Å². The topological polar surface area (TPSA) is 20.3 Å². The predicted molar refractivity (Wildman–Crippen MR) is 49.9 cm³/mol. The third-order valence-corrected chi connectivity index (χ3v) is 2.26. The third kappa shape index (κ3) is 2.36. The largest absolute Gasteiger partial charge is 0.339 e. The highest BCUT2D eigenvalue weighted by Crippen LogP contribution is 2.11. The first-order valence-electron chi connectivity index (χ1n) is 4.66. The molecule has 1 amide bonds. The van der Waals surface area contributed by atoms with Crippen molar-refractivity contribution in [2.24, 2.45) is 0 Å². The second kappa shape index (κ2) is 4.29. The standard InChI is InChI=1S/C10H17NO/c1-9(2)10(12)11-7-5-3-4-6-8-11/h1,3-8H2,2H3. The Morgan fingerprint density at radius 2 is 1.67 bits per heavy atom. The fourth-order valence-electron chi connectivity index (χ4n) is 1.54. The number of hydrogen-bond donors (Lipinski definition) is 0. The summed E-state index contributed by atoms with van der Waals surface area (Å²) < 4.78 is 0. The van der Waals surface area contributed by atoms with E-state index in [9.17, 15) is 4.79 Å². The van der Waals surface area contributed by atoms with Crippen LogP contribution in [0, 0.1) is 0 Å². The van der Waals surface area contributed by atoms with Crippen molar-refractivity contribution in [3.8, 4) is 0 Å². The van der Waals surface area contributed by atoms with Crippen LogP contribution in [0.3, 0.4) is 0 Å². The quantitative estimate of drug-likeness (QED) is 0.547. The van der Waals surface area contributed by atoms with Crippen LogP contribution in [0.4, 0.5) is 0 Å². The Balaban J connectivity index is 2.48. The minimum Gasteiger partial charge on any atom is -0.339 e. The average molecular weight is 167 g/mol. The minimum atomic E-state index is 0.136. The number of rotatable bonds is 1. The molecule has 1 saturated heterocycles. The van der Waals surface area contributed by atoms with Crippen LogP contribution in [0.5, 0.6) is 0 Å². The van der Waals surface area contributed by atoms with E-state index in [1.165, 1.54) is 12.8 Å². The molecular weight excluding hydrogens is 150 g/mol. The monoisotopic (exact) mass is 167 g/mol. The Kier molecular flexibility index (Phi) is 3.32. The lowest BCUT2D eigenvalue weighted by Crippen LogP contribution is -2.32. The molecule has 0 aromatic rings. The summed E-state index contributed by atoms with van der Waals surface area (Å²) >= 11 is 0. The predicted octanol–water partition coefficient (Wildman–Crippen LogP) is 1.97. The van der Waals surface area contributed by atoms with E-state index in [0.29, 0.717) is 5.57 Å². The zero-order valence-electron chi connectivity index (χ0n) is 7.81. The van der Waals surface area contributed by atoms with E-state index in [0.717, 1.165) is 25.9 Å². The lowest BCUT2D eigenvalue weighted by Gasteiger charge is -2.19. The highest BCUT2D eigenvalue weighted by molar-refractivity contribution is 5.92. The Bertz CT molecular complexity index is 178. The molecule has 0 aliphatic carbocycles. The number of nitrogens with zero attached hydrogens (tertiary/aromatic N) is 1. The number of amides is 1. The summed E-state index contributed by atoms with van der Waals surface area (Å²) in [4.78, 5) is 13.4. The van der Waals surface area contributed by atoms with Crippen LogP contribution in [0.25, 0.3) is 0 Å². The van der Waals surface area contributed by atoms with Crippen LogP contribution >= 0.6 is 0 Å². The molecule has 0 atom stereocenters. The van der Waals surface area contributed by atoms with Crippen molar-refractivity contribution in [1.29, 1.82) is 0 Å². The van der Waals surface area contributed by atoms with Gasteiger partial charge in [-0.2, -0.15) is 0 Å². The number of carbonyl (C=O) groups excluding carboxylic acids is 1. The van der Waals surface area contributed by atoms with Gasteiger partial charge in [0.15, 0.2) is 0 Å². The van der Waals surface area contributed by atoms with E-state index in [2.05, 4.69) is 6.58 Å². The molecule has 1 rings (SSSR count). The van der Waals surface area contributed by atoms with Gasteiger partial charge in [0.1, 0.15) is 0 Å². The molecule has 0 bridgehead atoms. The Labute approximate surface area is 74.2 Å². The number of carbonyl (C=O) groups is 1. The van der Waals surface area contributed by atoms with E-state index < -0.39 is 0 Å². The SMILES string of the molecule is C=C(C)C(=O)N1CCCCCC1. The van der Waals surface area contributed by atoms with Gasteiger partial charge in [-0.15, -0.1) is 0 Å². The summed E-state index contributed by atoms with van der Waals surface area (Å²) in [5.41, 5.74) is 0.664. The molecule has 0 aromatic carbocycles. The van der Waals surface area contributed by atoms with Gasteiger partial charge in [0, 0.05) is 18.7 Å². The average Bonchev–Trinajstić information content (AvgIpc) is 2.30. The van der Waals surface area contributed by atoms with Gasteiger partial charge in [-0.05, 0) is 19.8 Å². The molecule has 1 heterocycles. The summed E-state index contributed by atoms with van der Waals surface area (Å²) in [6, 6.07) is 0. The lowest BCUT2D eigenvalue weighted by molar-refractivity contribution is -0.127. The maximum atomic E-state index is 11.5. The molecular formula is C10H17NO. The van der Waals surface area contributed by atoms with Crippen LogP contribution < -0.4 is 0 Å². The van der Waals surface area contributed by atoms with E-state index in [4.69, 9.17) is 0 Å². The highest BCUT2D eigenvalue weighted by Gasteiger charge is 2.14. The zero-order valence-corrected chi connectivity index (χ0v) is 7.81. The van der Waals surface area contributed by atoms with Crippen molar-refractivity contribution in [3.05, 3.63) is 12.2 Å². The fourth-order valence-corrected chi connectivity index (χ4v) is 1.54. The molecule has 0 aromatic heterocycles. The maximum absolute atomic E-state index is 11.5. The molecule has 0 unspecified atom stereocenters. The molecule has 1 aliphatic heterocycles. The third-order valence-electron chi connectivity index (χ3n) is 2.26. The van der Waals surface area contributed by atoms with Gasteiger partial charge in [0.05, 0.1) is 0 Å². The first-order chi connectivity index (χ1) is 5.72. The summed E-state index contributed by atoms with van der Waals surface area (Å²) in [7, 11) is 0. The van der Waals surface area contributed by atoms with Gasteiger partial charge in [0.25, 0.3) is 0 Å². The highest BCUT2D eigenvalue weighted by atomic mass is 16.2. The second-order valence-electron chi connectivity index (χ2n) is 3.49. The van der Waals surface area contributed by atoms with Gasteiger partial charge in [-0.25, -0.2) is 0 Å². The molecule has 68 valence electrons. The summed E-state index contributed by atoms with van der Waals surface area (Å²) in [6.07, 6.45) is 4.83. The van der Waals surface area contributed by atoms with Crippen molar-refractivity contribution in [2.45, 2.75) is 32.6 Å². The van der Waals surface area contributed by atoms with Crippen LogP contribution in [0.2, 0.25) is 0 Å². The van der Waals surface area contributed by atoms with E-state index in [1.54, 1.807) is 6.92 Å². The summed E-state index contributed by atoms with van der Waals surface area (Å²) in [5, 5.41) is 0. The summed E-state index contributed by atoms with van der Waals surface area (Å²) in [5.74, 6) is 0.136. The van der Waals surface area contributed by atoms with Crippen molar-refractivity contribution < 1.29 is 4.79 Å². The zero-order chi connectivity index (χ0) is 8.97.